The molecule has 2 unspecified atom stereocenters. The average Bonchev–Trinajstić information content (AvgIpc) is 2.70. The monoisotopic (exact) mass is 259 g/mol. The molecule has 3 rings (SSSR count). The number of rotatable bonds is 2. The van der Waals surface area contributed by atoms with Gasteiger partial charge in [0.15, 0.2) is 0 Å². The highest BCUT2D eigenvalue weighted by Crippen LogP contribution is 2.32. The molecule has 0 bridgehead atoms. The Morgan fingerprint density at radius 2 is 1.78 bits per heavy atom. The number of fused-ring (bicyclic) bond motifs is 1. The van der Waals surface area contributed by atoms with Crippen molar-refractivity contribution < 1.29 is 4.74 Å². The molecule has 18 heavy (non-hydrogen) atoms. The molecule has 1 aliphatic carbocycles. The van der Waals surface area contributed by atoms with Crippen LogP contribution in [0.15, 0.2) is 48.5 Å². The van der Waals surface area contributed by atoms with Crippen molar-refractivity contribution in [3.05, 3.63) is 64.7 Å². The van der Waals surface area contributed by atoms with E-state index in [1.54, 1.807) is 0 Å². The summed E-state index contributed by atoms with van der Waals surface area (Å²) in [5, 5.41) is 0.710. The van der Waals surface area contributed by atoms with Crippen LogP contribution < -0.4 is 10.5 Å². The first-order valence-electron chi connectivity index (χ1n) is 5.99. The van der Waals surface area contributed by atoms with E-state index in [0.29, 0.717) is 5.02 Å². The molecule has 92 valence electrons. The topological polar surface area (TPSA) is 35.2 Å². The molecule has 1 aliphatic rings. The van der Waals surface area contributed by atoms with Gasteiger partial charge in [-0.25, -0.2) is 0 Å². The largest absolute Gasteiger partial charge is 0.488 e. The van der Waals surface area contributed by atoms with Crippen LogP contribution in [0.5, 0.6) is 5.75 Å². The summed E-state index contributed by atoms with van der Waals surface area (Å²) in [4.78, 5) is 0. The van der Waals surface area contributed by atoms with Gasteiger partial charge in [-0.15, -0.1) is 0 Å². The van der Waals surface area contributed by atoms with Crippen molar-refractivity contribution in [2.75, 3.05) is 0 Å². The lowest BCUT2D eigenvalue weighted by molar-refractivity contribution is 0.185. The molecule has 0 aromatic heterocycles. The van der Waals surface area contributed by atoms with E-state index in [9.17, 15) is 0 Å². The zero-order valence-electron chi connectivity index (χ0n) is 9.84. The maximum Gasteiger partial charge on any atom is 0.122 e. The molecule has 3 heteroatoms. The molecule has 0 spiro atoms. The average molecular weight is 260 g/mol. The lowest BCUT2D eigenvalue weighted by Crippen LogP contribution is -2.27. The van der Waals surface area contributed by atoms with Crippen LogP contribution >= 0.6 is 11.6 Å². The first-order chi connectivity index (χ1) is 8.74. The Hall–Kier alpha value is -1.51. The Bertz CT molecular complexity index is 553. The van der Waals surface area contributed by atoms with Gasteiger partial charge in [0.25, 0.3) is 0 Å². The predicted molar refractivity (Wildman–Crippen MR) is 72.9 cm³/mol. The second-order valence-corrected chi connectivity index (χ2v) is 4.98. The summed E-state index contributed by atoms with van der Waals surface area (Å²) >= 11 is 5.85. The number of benzene rings is 2. The van der Waals surface area contributed by atoms with Gasteiger partial charge in [0.05, 0.1) is 6.04 Å². The van der Waals surface area contributed by atoms with E-state index < -0.39 is 0 Å². The fraction of sp³-hybridized carbons (Fsp3) is 0.200. The second-order valence-electron chi connectivity index (χ2n) is 4.54. The number of nitrogens with two attached hydrogens (primary N) is 1. The van der Waals surface area contributed by atoms with Crippen LogP contribution in [0.2, 0.25) is 5.02 Å². The summed E-state index contributed by atoms with van der Waals surface area (Å²) in [5.41, 5.74) is 8.69. The van der Waals surface area contributed by atoms with Gasteiger partial charge >= 0.3 is 0 Å². The van der Waals surface area contributed by atoms with E-state index in [4.69, 9.17) is 22.1 Å². The van der Waals surface area contributed by atoms with E-state index in [-0.39, 0.29) is 12.1 Å². The molecule has 0 saturated heterocycles. The van der Waals surface area contributed by atoms with Crippen molar-refractivity contribution in [1.29, 1.82) is 0 Å². The third-order valence-electron chi connectivity index (χ3n) is 3.34. The lowest BCUT2D eigenvalue weighted by atomic mass is 10.1. The van der Waals surface area contributed by atoms with Gasteiger partial charge in [0.2, 0.25) is 0 Å². The van der Waals surface area contributed by atoms with Crippen LogP contribution in [0.1, 0.15) is 17.2 Å². The van der Waals surface area contributed by atoms with Crippen molar-refractivity contribution in [3.63, 3.8) is 0 Å². The van der Waals surface area contributed by atoms with Crippen LogP contribution in [0.3, 0.4) is 0 Å². The van der Waals surface area contributed by atoms with Crippen molar-refractivity contribution in [2.24, 2.45) is 5.73 Å². The summed E-state index contributed by atoms with van der Waals surface area (Å²) in [7, 11) is 0. The third kappa shape index (κ3) is 2.09. The molecule has 0 aliphatic heterocycles. The standard InChI is InChI=1S/C15H14ClNO/c16-11-5-7-12(8-6-11)18-14-9-10-3-1-2-4-13(10)15(14)17/h1-8,14-15H,9,17H2. The summed E-state index contributed by atoms with van der Waals surface area (Å²) in [6.45, 7) is 0. The highest BCUT2D eigenvalue weighted by Gasteiger charge is 2.30. The van der Waals surface area contributed by atoms with E-state index in [2.05, 4.69) is 12.1 Å². The summed E-state index contributed by atoms with van der Waals surface area (Å²) in [6, 6.07) is 15.6. The minimum absolute atomic E-state index is 0.00331. The van der Waals surface area contributed by atoms with Crippen molar-refractivity contribution in [1.82, 2.24) is 0 Å². The Labute approximate surface area is 111 Å². The number of hydrogen-bond acceptors (Lipinski definition) is 2. The van der Waals surface area contributed by atoms with Gasteiger partial charge in [-0.3, -0.25) is 0 Å². The van der Waals surface area contributed by atoms with Gasteiger partial charge in [0.1, 0.15) is 11.9 Å². The normalized spacial score (nSPS) is 21.7. The molecule has 2 aromatic carbocycles. The number of hydrogen-bond donors (Lipinski definition) is 1. The molecule has 2 atom stereocenters. The first-order valence-corrected chi connectivity index (χ1v) is 6.37. The van der Waals surface area contributed by atoms with Gasteiger partial charge in [-0.2, -0.15) is 0 Å². The fourth-order valence-corrected chi connectivity index (χ4v) is 2.52. The molecular formula is C15H14ClNO. The third-order valence-corrected chi connectivity index (χ3v) is 3.59. The SMILES string of the molecule is NC1c2ccccc2CC1Oc1ccc(Cl)cc1. The maximum absolute atomic E-state index is 6.22. The van der Waals surface area contributed by atoms with Crippen LogP contribution in [-0.2, 0) is 6.42 Å². The van der Waals surface area contributed by atoms with Crippen molar-refractivity contribution in [3.8, 4) is 5.75 Å². The summed E-state index contributed by atoms with van der Waals surface area (Å²) in [5.74, 6) is 0.813. The molecular weight excluding hydrogens is 246 g/mol. The lowest BCUT2D eigenvalue weighted by Gasteiger charge is -2.18. The summed E-state index contributed by atoms with van der Waals surface area (Å²) < 4.78 is 5.94. The first kappa shape index (κ1) is 11.6. The smallest absolute Gasteiger partial charge is 0.122 e. The maximum atomic E-state index is 6.22. The van der Waals surface area contributed by atoms with Crippen LogP contribution in [0.4, 0.5) is 0 Å². The van der Waals surface area contributed by atoms with E-state index >= 15 is 0 Å². The van der Waals surface area contributed by atoms with Gasteiger partial charge in [0, 0.05) is 11.4 Å². The molecule has 0 amide bonds. The molecule has 2 nitrogen and oxygen atoms in total. The molecule has 0 radical (unpaired) electrons. The highest BCUT2D eigenvalue weighted by atomic mass is 35.5. The van der Waals surface area contributed by atoms with Crippen LogP contribution in [0.25, 0.3) is 0 Å². The fourth-order valence-electron chi connectivity index (χ4n) is 2.39. The molecule has 0 heterocycles. The molecule has 0 saturated carbocycles. The highest BCUT2D eigenvalue weighted by molar-refractivity contribution is 6.30. The van der Waals surface area contributed by atoms with Gasteiger partial charge in [-0.05, 0) is 35.4 Å². The van der Waals surface area contributed by atoms with Crippen LogP contribution in [0, 0.1) is 0 Å². The Kier molecular flexibility index (Phi) is 2.98. The Morgan fingerprint density at radius 3 is 2.50 bits per heavy atom. The zero-order chi connectivity index (χ0) is 12.5. The second kappa shape index (κ2) is 4.63. The van der Waals surface area contributed by atoms with Crippen molar-refractivity contribution in [2.45, 2.75) is 18.6 Å². The Morgan fingerprint density at radius 1 is 1.06 bits per heavy atom. The minimum Gasteiger partial charge on any atom is -0.488 e. The molecule has 0 fully saturated rings. The molecule has 2 N–H and O–H groups in total. The number of ether oxygens (including phenoxy) is 1. The predicted octanol–water partition coefficient (Wildman–Crippen LogP) is 3.34. The van der Waals surface area contributed by atoms with E-state index in [1.807, 2.05) is 36.4 Å². The zero-order valence-corrected chi connectivity index (χ0v) is 10.6. The Balaban J connectivity index is 1.78. The quantitative estimate of drug-likeness (QED) is 0.898. The molecule has 2 aromatic rings. The van der Waals surface area contributed by atoms with E-state index in [1.165, 1.54) is 11.1 Å². The number of halogens is 1. The van der Waals surface area contributed by atoms with Crippen LogP contribution in [-0.4, -0.2) is 6.10 Å². The van der Waals surface area contributed by atoms with Crippen molar-refractivity contribution >= 4 is 11.6 Å². The van der Waals surface area contributed by atoms with E-state index in [0.717, 1.165) is 12.2 Å². The van der Waals surface area contributed by atoms with Gasteiger partial charge in [-0.1, -0.05) is 35.9 Å². The minimum atomic E-state index is -0.0584. The van der Waals surface area contributed by atoms with Gasteiger partial charge < -0.3 is 10.5 Å². The summed E-state index contributed by atoms with van der Waals surface area (Å²) in [6.07, 6.45) is 0.864.